The number of hydrogen-bond donors (Lipinski definition) is 1. The molecular weight excluding hydrogens is 248 g/mol. The first-order chi connectivity index (χ1) is 6.59. The zero-order valence-electron chi connectivity index (χ0n) is 7.37. The van der Waals surface area contributed by atoms with Crippen LogP contribution in [0.3, 0.4) is 0 Å². The minimum atomic E-state index is -0.380. The van der Waals surface area contributed by atoms with Crippen molar-refractivity contribution < 1.29 is 4.92 Å². The van der Waals surface area contributed by atoms with Crippen LogP contribution in [-0.4, -0.2) is 4.92 Å². The van der Waals surface area contributed by atoms with Crippen molar-refractivity contribution in [3.63, 3.8) is 0 Å². The highest BCUT2D eigenvalue weighted by Gasteiger charge is 2.24. The number of rotatable bonds is 1. The molecule has 1 unspecified atom stereocenters. The number of fused-ring (bicyclic) bond motifs is 1. The van der Waals surface area contributed by atoms with Gasteiger partial charge in [0.25, 0.3) is 5.69 Å². The molecule has 1 atom stereocenters. The molecule has 0 spiro atoms. The summed E-state index contributed by atoms with van der Waals surface area (Å²) in [4.78, 5) is 10.2. The summed E-state index contributed by atoms with van der Waals surface area (Å²) in [6, 6.07) is 3.15. The monoisotopic (exact) mass is 256 g/mol. The van der Waals surface area contributed by atoms with Crippen LogP contribution in [0.4, 0.5) is 5.69 Å². The Kier molecular flexibility index (Phi) is 2.28. The van der Waals surface area contributed by atoms with Crippen LogP contribution >= 0.6 is 15.9 Å². The number of non-ortho nitro benzene ring substituents is 1. The summed E-state index contributed by atoms with van der Waals surface area (Å²) in [5.41, 5.74) is 8.03. The largest absolute Gasteiger partial charge is 0.324 e. The van der Waals surface area contributed by atoms with E-state index in [4.69, 9.17) is 5.73 Å². The first kappa shape index (κ1) is 9.61. The number of nitrogens with two attached hydrogens (primary N) is 1. The van der Waals surface area contributed by atoms with Gasteiger partial charge in [0.15, 0.2) is 0 Å². The standard InChI is InChI=1S/C9H9BrN2O2/c10-7-4-6(12(13)14)3-5-1-2-8(11)9(5)7/h3-4,8H,1-2,11H2. The highest BCUT2D eigenvalue weighted by Crippen LogP contribution is 2.37. The molecule has 1 aliphatic carbocycles. The average molecular weight is 257 g/mol. The van der Waals surface area contributed by atoms with Crippen LogP contribution in [0.25, 0.3) is 0 Å². The maximum atomic E-state index is 10.6. The van der Waals surface area contributed by atoms with E-state index in [-0.39, 0.29) is 16.7 Å². The number of nitrogens with zero attached hydrogens (tertiary/aromatic N) is 1. The van der Waals surface area contributed by atoms with Crippen LogP contribution in [0.2, 0.25) is 0 Å². The van der Waals surface area contributed by atoms with Crippen molar-refractivity contribution in [1.82, 2.24) is 0 Å². The van der Waals surface area contributed by atoms with E-state index in [0.717, 1.165) is 28.4 Å². The van der Waals surface area contributed by atoms with Crippen LogP contribution in [0, 0.1) is 10.1 Å². The number of aryl methyl sites for hydroxylation is 1. The summed E-state index contributed by atoms with van der Waals surface area (Å²) >= 11 is 3.32. The molecule has 0 aromatic heterocycles. The lowest BCUT2D eigenvalue weighted by molar-refractivity contribution is -0.385. The second kappa shape index (κ2) is 3.33. The molecule has 0 saturated carbocycles. The van der Waals surface area contributed by atoms with Crippen molar-refractivity contribution in [3.05, 3.63) is 37.8 Å². The number of nitro benzene ring substituents is 1. The van der Waals surface area contributed by atoms with Crippen LogP contribution in [0.1, 0.15) is 23.6 Å². The Balaban J connectivity index is 2.57. The van der Waals surface area contributed by atoms with E-state index in [0.29, 0.717) is 0 Å². The van der Waals surface area contributed by atoms with Crippen LogP contribution in [-0.2, 0) is 6.42 Å². The number of nitro groups is 1. The highest BCUT2D eigenvalue weighted by molar-refractivity contribution is 9.10. The number of benzene rings is 1. The lowest BCUT2D eigenvalue weighted by Gasteiger charge is -2.06. The second-order valence-electron chi connectivity index (χ2n) is 3.40. The fraction of sp³-hybridized carbons (Fsp3) is 0.333. The average Bonchev–Trinajstić information content (AvgIpc) is 2.48. The summed E-state index contributed by atoms with van der Waals surface area (Å²) < 4.78 is 0.756. The molecule has 1 aromatic rings. The molecule has 0 amide bonds. The van der Waals surface area contributed by atoms with Crippen molar-refractivity contribution in [2.45, 2.75) is 18.9 Å². The Labute approximate surface area is 89.4 Å². The van der Waals surface area contributed by atoms with E-state index < -0.39 is 0 Å². The zero-order chi connectivity index (χ0) is 10.3. The molecule has 0 saturated heterocycles. The normalized spacial score (nSPS) is 19.4. The first-order valence-electron chi connectivity index (χ1n) is 4.32. The summed E-state index contributed by atoms with van der Waals surface area (Å²) in [5.74, 6) is 0. The van der Waals surface area contributed by atoms with Gasteiger partial charge in [-0.3, -0.25) is 10.1 Å². The molecule has 0 radical (unpaired) electrons. The van der Waals surface area contributed by atoms with Crippen LogP contribution < -0.4 is 5.73 Å². The summed E-state index contributed by atoms with van der Waals surface area (Å²) in [7, 11) is 0. The van der Waals surface area contributed by atoms with E-state index in [1.807, 2.05) is 0 Å². The third-order valence-electron chi connectivity index (χ3n) is 2.51. The van der Waals surface area contributed by atoms with Gasteiger partial charge in [-0.25, -0.2) is 0 Å². The molecular formula is C9H9BrN2O2. The Morgan fingerprint density at radius 2 is 2.29 bits per heavy atom. The highest BCUT2D eigenvalue weighted by atomic mass is 79.9. The van der Waals surface area contributed by atoms with Crippen molar-refractivity contribution in [2.75, 3.05) is 0 Å². The number of halogens is 1. The van der Waals surface area contributed by atoms with E-state index in [9.17, 15) is 10.1 Å². The fourth-order valence-electron chi connectivity index (χ4n) is 1.84. The van der Waals surface area contributed by atoms with Gasteiger partial charge in [-0.2, -0.15) is 0 Å². The smallest absolute Gasteiger partial charge is 0.270 e. The van der Waals surface area contributed by atoms with Gasteiger partial charge in [-0.15, -0.1) is 0 Å². The minimum Gasteiger partial charge on any atom is -0.324 e. The van der Waals surface area contributed by atoms with Crippen LogP contribution in [0.15, 0.2) is 16.6 Å². The van der Waals surface area contributed by atoms with Gasteiger partial charge in [0, 0.05) is 22.6 Å². The molecule has 0 fully saturated rings. The fourth-order valence-corrected chi connectivity index (χ4v) is 2.62. The van der Waals surface area contributed by atoms with Crippen molar-refractivity contribution in [1.29, 1.82) is 0 Å². The van der Waals surface area contributed by atoms with Crippen molar-refractivity contribution in [2.24, 2.45) is 5.73 Å². The molecule has 0 aliphatic heterocycles. The van der Waals surface area contributed by atoms with Gasteiger partial charge in [0.1, 0.15) is 0 Å². The summed E-state index contributed by atoms with van der Waals surface area (Å²) in [6.07, 6.45) is 1.70. The van der Waals surface area contributed by atoms with Gasteiger partial charge in [-0.1, -0.05) is 15.9 Å². The van der Waals surface area contributed by atoms with Gasteiger partial charge in [0.05, 0.1) is 4.92 Å². The van der Waals surface area contributed by atoms with Gasteiger partial charge >= 0.3 is 0 Å². The minimum absolute atomic E-state index is 0.0141. The van der Waals surface area contributed by atoms with E-state index in [2.05, 4.69) is 15.9 Å². The quantitative estimate of drug-likeness (QED) is 0.619. The van der Waals surface area contributed by atoms with E-state index >= 15 is 0 Å². The molecule has 0 heterocycles. The molecule has 0 bridgehead atoms. The Bertz CT molecular complexity index is 406. The maximum absolute atomic E-state index is 10.6. The SMILES string of the molecule is NC1CCc2cc([N+](=O)[O-])cc(Br)c21. The number of hydrogen-bond acceptors (Lipinski definition) is 3. The molecule has 2 N–H and O–H groups in total. The topological polar surface area (TPSA) is 69.2 Å². The second-order valence-corrected chi connectivity index (χ2v) is 4.26. The molecule has 2 rings (SSSR count). The molecule has 4 nitrogen and oxygen atoms in total. The van der Waals surface area contributed by atoms with Crippen molar-refractivity contribution >= 4 is 21.6 Å². The molecule has 5 heteroatoms. The van der Waals surface area contributed by atoms with Gasteiger partial charge < -0.3 is 5.73 Å². The predicted octanol–water partition coefficient (Wildman–Crippen LogP) is 2.30. The predicted molar refractivity (Wildman–Crippen MR) is 56.0 cm³/mol. The zero-order valence-corrected chi connectivity index (χ0v) is 8.95. The lowest BCUT2D eigenvalue weighted by Crippen LogP contribution is -2.06. The Morgan fingerprint density at radius 1 is 1.57 bits per heavy atom. The summed E-state index contributed by atoms with van der Waals surface area (Å²) in [5, 5.41) is 10.6. The van der Waals surface area contributed by atoms with Gasteiger partial charge in [0.2, 0.25) is 0 Å². The van der Waals surface area contributed by atoms with E-state index in [1.54, 1.807) is 6.07 Å². The summed E-state index contributed by atoms with van der Waals surface area (Å²) in [6.45, 7) is 0. The van der Waals surface area contributed by atoms with Gasteiger partial charge in [-0.05, 0) is 24.0 Å². The van der Waals surface area contributed by atoms with Crippen LogP contribution in [0.5, 0.6) is 0 Å². The lowest BCUT2D eigenvalue weighted by atomic mass is 10.1. The molecule has 1 aromatic carbocycles. The maximum Gasteiger partial charge on any atom is 0.270 e. The first-order valence-corrected chi connectivity index (χ1v) is 5.11. The molecule has 1 aliphatic rings. The third-order valence-corrected chi connectivity index (χ3v) is 3.16. The Hall–Kier alpha value is -0.940. The van der Waals surface area contributed by atoms with Crippen molar-refractivity contribution in [3.8, 4) is 0 Å². The Morgan fingerprint density at radius 3 is 2.93 bits per heavy atom. The molecule has 74 valence electrons. The molecule has 14 heavy (non-hydrogen) atoms. The third kappa shape index (κ3) is 1.42. The van der Waals surface area contributed by atoms with E-state index in [1.165, 1.54) is 6.07 Å².